The SMILES string of the molecule is CN(C)CCCN1C(=O)C(=O)/C(=C(\O)c2ccc(OCc3ccccc3)cc2)C1c1cccnc1. The van der Waals surface area contributed by atoms with Crippen molar-refractivity contribution >= 4 is 17.4 Å². The van der Waals surface area contributed by atoms with Crippen molar-refractivity contribution in [2.75, 3.05) is 27.2 Å². The molecule has 0 aliphatic carbocycles. The van der Waals surface area contributed by atoms with Crippen LogP contribution in [-0.2, 0) is 16.2 Å². The Labute approximate surface area is 205 Å². The molecule has 0 bridgehead atoms. The summed E-state index contributed by atoms with van der Waals surface area (Å²) in [5.41, 5.74) is 2.24. The normalized spacial score (nSPS) is 17.2. The highest BCUT2D eigenvalue weighted by Gasteiger charge is 2.45. The largest absolute Gasteiger partial charge is 0.507 e. The molecular formula is C28H29N3O4. The van der Waals surface area contributed by atoms with E-state index < -0.39 is 17.7 Å². The van der Waals surface area contributed by atoms with Crippen LogP contribution in [0, 0.1) is 0 Å². The van der Waals surface area contributed by atoms with Gasteiger partial charge in [-0.25, -0.2) is 0 Å². The molecule has 1 unspecified atom stereocenters. The molecule has 1 fully saturated rings. The van der Waals surface area contributed by atoms with Crippen molar-refractivity contribution in [2.24, 2.45) is 0 Å². The minimum Gasteiger partial charge on any atom is -0.507 e. The minimum absolute atomic E-state index is 0.0748. The summed E-state index contributed by atoms with van der Waals surface area (Å²) in [6.45, 7) is 1.59. The standard InChI is InChI=1S/C28H29N3O4/c1-30(2)16-7-17-31-25(22-10-6-15-29-18-22)24(27(33)28(31)34)26(32)21-11-13-23(14-12-21)35-19-20-8-4-3-5-9-20/h3-6,8-15,18,25,32H,7,16-17,19H2,1-2H3/b26-24-. The van der Waals surface area contributed by atoms with Gasteiger partial charge >= 0.3 is 0 Å². The van der Waals surface area contributed by atoms with E-state index >= 15 is 0 Å². The first-order valence-corrected chi connectivity index (χ1v) is 11.6. The predicted molar refractivity (Wildman–Crippen MR) is 134 cm³/mol. The number of ketones is 1. The fraction of sp³-hybridized carbons (Fsp3) is 0.250. The van der Waals surface area contributed by atoms with Crippen molar-refractivity contribution in [3.8, 4) is 5.75 Å². The summed E-state index contributed by atoms with van der Waals surface area (Å²) in [6, 6.07) is 19.6. The Morgan fingerprint density at radius 2 is 1.77 bits per heavy atom. The van der Waals surface area contributed by atoms with Gasteiger partial charge in [-0.15, -0.1) is 0 Å². The van der Waals surface area contributed by atoms with Crippen LogP contribution >= 0.6 is 0 Å². The van der Waals surface area contributed by atoms with Gasteiger partial charge < -0.3 is 19.6 Å². The molecular weight excluding hydrogens is 442 g/mol. The zero-order chi connectivity index (χ0) is 24.8. The van der Waals surface area contributed by atoms with Crippen LogP contribution in [0.4, 0.5) is 0 Å². The van der Waals surface area contributed by atoms with Crippen LogP contribution in [0.3, 0.4) is 0 Å². The first kappa shape index (κ1) is 24.2. The van der Waals surface area contributed by atoms with Gasteiger partial charge in [0.15, 0.2) is 0 Å². The number of likely N-dealkylation sites (tertiary alicyclic amines) is 1. The van der Waals surface area contributed by atoms with Crippen LogP contribution in [-0.4, -0.2) is 58.8 Å². The third-order valence-corrected chi connectivity index (χ3v) is 5.92. The van der Waals surface area contributed by atoms with Gasteiger partial charge in [0.2, 0.25) is 0 Å². The van der Waals surface area contributed by atoms with Crippen LogP contribution in [0.2, 0.25) is 0 Å². The minimum atomic E-state index is -0.695. The van der Waals surface area contributed by atoms with E-state index in [1.807, 2.05) is 55.4 Å². The first-order chi connectivity index (χ1) is 17.0. The molecule has 1 N–H and O–H groups in total. The molecule has 1 amide bonds. The fourth-order valence-electron chi connectivity index (χ4n) is 4.16. The van der Waals surface area contributed by atoms with Crippen LogP contribution in [0.1, 0.15) is 29.2 Å². The Balaban J connectivity index is 1.61. The molecule has 7 nitrogen and oxygen atoms in total. The fourth-order valence-corrected chi connectivity index (χ4v) is 4.16. The summed E-state index contributed by atoms with van der Waals surface area (Å²) in [5.74, 6) is -0.868. The number of ether oxygens (including phenoxy) is 1. The summed E-state index contributed by atoms with van der Waals surface area (Å²) in [5, 5.41) is 11.2. The van der Waals surface area contributed by atoms with E-state index in [1.165, 1.54) is 4.90 Å². The molecule has 0 radical (unpaired) electrons. The molecule has 180 valence electrons. The van der Waals surface area contributed by atoms with E-state index in [9.17, 15) is 14.7 Å². The Hall–Kier alpha value is -3.97. The Kier molecular flexibility index (Phi) is 7.57. The number of carbonyl (C=O) groups excluding carboxylic acids is 2. The number of amides is 1. The van der Waals surface area contributed by atoms with Gasteiger partial charge in [0, 0.05) is 24.5 Å². The molecule has 0 saturated carbocycles. The first-order valence-electron chi connectivity index (χ1n) is 11.6. The number of aliphatic hydroxyl groups excluding tert-OH is 1. The summed E-state index contributed by atoms with van der Waals surface area (Å²) >= 11 is 0. The van der Waals surface area contributed by atoms with Crippen LogP contribution in [0.25, 0.3) is 5.76 Å². The van der Waals surface area contributed by atoms with E-state index in [2.05, 4.69) is 4.98 Å². The van der Waals surface area contributed by atoms with Crippen LogP contribution < -0.4 is 4.74 Å². The maximum absolute atomic E-state index is 13.1. The number of Topliss-reactive ketones (excluding diaryl/α,β-unsaturated/α-hetero) is 1. The average molecular weight is 472 g/mol. The van der Waals surface area contributed by atoms with Gasteiger partial charge in [0.25, 0.3) is 11.7 Å². The Morgan fingerprint density at radius 3 is 2.43 bits per heavy atom. The maximum atomic E-state index is 13.1. The van der Waals surface area contributed by atoms with Crippen molar-refractivity contribution in [3.05, 3.63) is 101 Å². The summed E-state index contributed by atoms with van der Waals surface area (Å²) < 4.78 is 5.82. The third-order valence-electron chi connectivity index (χ3n) is 5.92. The average Bonchev–Trinajstić information content (AvgIpc) is 3.13. The molecule has 2 heterocycles. The molecule has 1 aromatic heterocycles. The van der Waals surface area contributed by atoms with Crippen molar-refractivity contribution in [1.82, 2.24) is 14.8 Å². The summed E-state index contributed by atoms with van der Waals surface area (Å²) in [6.07, 6.45) is 3.96. The van der Waals surface area contributed by atoms with Gasteiger partial charge in [0.05, 0.1) is 11.6 Å². The van der Waals surface area contributed by atoms with Crippen molar-refractivity contribution in [1.29, 1.82) is 0 Å². The number of pyridine rings is 1. The zero-order valence-corrected chi connectivity index (χ0v) is 19.9. The lowest BCUT2D eigenvalue weighted by Crippen LogP contribution is -2.32. The highest BCUT2D eigenvalue weighted by molar-refractivity contribution is 6.46. The van der Waals surface area contributed by atoms with Crippen LogP contribution in [0.15, 0.2) is 84.7 Å². The Bertz CT molecular complexity index is 1190. The molecule has 2 aromatic carbocycles. The van der Waals surface area contributed by atoms with E-state index in [1.54, 1.807) is 42.7 Å². The maximum Gasteiger partial charge on any atom is 0.295 e. The lowest BCUT2D eigenvalue weighted by Gasteiger charge is -2.25. The monoisotopic (exact) mass is 471 g/mol. The molecule has 1 aliphatic heterocycles. The highest BCUT2D eigenvalue weighted by Crippen LogP contribution is 2.39. The topological polar surface area (TPSA) is 83.0 Å². The van der Waals surface area contributed by atoms with Gasteiger partial charge in [-0.2, -0.15) is 0 Å². The van der Waals surface area contributed by atoms with E-state index in [4.69, 9.17) is 4.74 Å². The van der Waals surface area contributed by atoms with E-state index in [0.29, 0.717) is 36.4 Å². The van der Waals surface area contributed by atoms with Gasteiger partial charge in [0.1, 0.15) is 18.1 Å². The third kappa shape index (κ3) is 5.58. The van der Waals surface area contributed by atoms with E-state index in [0.717, 1.165) is 12.1 Å². The predicted octanol–water partition coefficient (Wildman–Crippen LogP) is 4.03. The van der Waals surface area contributed by atoms with Crippen molar-refractivity contribution in [3.63, 3.8) is 0 Å². The number of aromatic nitrogens is 1. The molecule has 35 heavy (non-hydrogen) atoms. The summed E-state index contributed by atoms with van der Waals surface area (Å²) in [4.78, 5) is 33.8. The molecule has 0 spiro atoms. The number of carbonyl (C=O) groups is 2. The number of hydrogen-bond donors (Lipinski definition) is 1. The molecule has 7 heteroatoms. The molecule has 3 aromatic rings. The quantitative estimate of drug-likeness (QED) is 0.288. The molecule has 4 rings (SSSR count). The highest BCUT2D eigenvalue weighted by atomic mass is 16.5. The lowest BCUT2D eigenvalue weighted by atomic mass is 9.96. The zero-order valence-electron chi connectivity index (χ0n) is 19.9. The lowest BCUT2D eigenvalue weighted by molar-refractivity contribution is -0.139. The number of nitrogens with zero attached hydrogens (tertiary/aromatic N) is 3. The van der Waals surface area contributed by atoms with Crippen molar-refractivity contribution < 1.29 is 19.4 Å². The van der Waals surface area contributed by atoms with Gasteiger partial charge in [-0.05, 0) is 68.5 Å². The molecule has 1 aliphatic rings. The second kappa shape index (κ2) is 11.0. The summed E-state index contributed by atoms with van der Waals surface area (Å²) in [7, 11) is 3.92. The molecule has 1 atom stereocenters. The van der Waals surface area contributed by atoms with Gasteiger partial charge in [-0.1, -0.05) is 36.4 Å². The number of hydrogen-bond acceptors (Lipinski definition) is 6. The van der Waals surface area contributed by atoms with Crippen molar-refractivity contribution in [2.45, 2.75) is 19.1 Å². The second-order valence-corrected chi connectivity index (χ2v) is 8.73. The smallest absolute Gasteiger partial charge is 0.295 e. The van der Waals surface area contributed by atoms with Crippen LogP contribution in [0.5, 0.6) is 5.75 Å². The molecule has 1 saturated heterocycles. The number of rotatable bonds is 9. The van der Waals surface area contributed by atoms with Gasteiger partial charge in [-0.3, -0.25) is 14.6 Å². The number of benzene rings is 2. The number of aliphatic hydroxyl groups is 1. The Morgan fingerprint density at radius 1 is 1.03 bits per heavy atom. The second-order valence-electron chi connectivity index (χ2n) is 8.73. The van der Waals surface area contributed by atoms with E-state index in [-0.39, 0.29) is 11.3 Å².